The average Bonchev–Trinajstić information content (AvgIpc) is 2.63. The van der Waals surface area contributed by atoms with Crippen molar-refractivity contribution in [2.45, 2.75) is 6.92 Å². The molecule has 1 heterocycles. The van der Waals surface area contributed by atoms with Crippen LogP contribution in [0.2, 0.25) is 0 Å². The number of aryl methyl sites for hydroxylation is 1. The summed E-state index contributed by atoms with van der Waals surface area (Å²) in [6.45, 7) is 2.99. The van der Waals surface area contributed by atoms with Crippen LogP contribution in [0.15, 0.2) is 24.3 Å². The number of thiocarbonyl (C=S) groups is 1. The van der Waals surface area contributed by atoms with Crippen molar-refractivity contribution >= 4 is 34.2 Å². The largest absolute Gasteiger partial charge is 0.491 e. The van der Waals surface area contributed by atoms with E-state index in [4.69, 9.17) is 17.0 Å². The number of hydrogen-bond donors (Lipinski definition) is 0. The van der Waals surface area contributed by atoms with Gasteiger partial charge < -0.3 is 4.74 Å². The van der Waals surface area contributed by atoms with E-state index in [0.29, 0.717) is 23.2 Å². The normalized spacial score (nSPS) is 15.5. The molecule has 1 aromatic carbocycles. The summed E-state index contributed by atoms with van der Waals surface area (Å²) in [5.74, 6) is 1.40. The minimum atomic E-state index is 0.0772. The summed E-state index contributed by atoms with van der Waals surface area (Å²) < 4.78 is 6.29. The molecule has 5 heteroatoms. The molecule has 0 aliphatic carbocycles. The molecule has 1 amide bonds. The minimum Gasteiger partial charge on any atom is -0.491 e. The van der Waals surface area contributed by atoms with E-state index >= 15 is 0 Å². The van der Waals surface area contributed by atoms with Crippen LogP contribution >= 0.6 is 24.0 Å². The Bertz CT molecular complexity index is 432. The highest BCUT2D eigenvalue weighted by molar-refractivity contribution is 8.23. The van der Waals surface area contributed by atoms with Crippen molar-refractivity contribution in [1.82, 2.24) is 4.90 Å². The molecule has 0 bridgehead atoms. The maximum absolute atomic E-state index is 11.5. The number of carbonyl (C=O) groups is 1. The zero-order valence-corrected chi connectivity index (χ0v) is 11.1. The van der Waals surface area contributed by atoms with Gasteiger partial charge in [0.25, 0.3) is 0 Å². The number of amides is 1. The third-order valence-corrected chi connectivity index (χ3v) is 3.94. The van der Waals surface area contributed by atoms with Crippen molar-refractivity contribution in [3.05, 3.63) is 29.8 Å². The lowest BCUT2D eigenvalue weighted by Gasteiger charge is -2.15. The van der Waals surface area contributed by atoms with Crippen molar-refractivity contribution in [2.75, 3.05) is 18.9 Å². The number of para-hydroxylation sites is 1. The number of carbonyl (C=O) groups excluding carboxylic acids is 1. The molecule has 90 valence electrons. The molecule has 0 N–H and O–H groups in total. The first-order chi connectivity index (χ1) is 8.18. The Morgan fingerprint density at radius 3 is 2.88 bits per heavy atom. The number of hydrogen-bond acceptors (Lipinski definition) is 4. The third-order valence-electron chi connectivity index (χ3n) is 2.51. The second kappa shape index (κ2) is 5.51. The SMILES string of the molecule is Cc1ccccc1OCCN1C(=O)CSC1=S. The summed E-state index contributed by atoms with van der Waals surface area (Å²) in [5.41, 5.74) is 1.09. The fraction of sp³-hybridized carbons (Fsp3) is 0.333. The zero-order chi connectivity index (χ0) is 12.3. The van der Waals surface area contributed by atoms with E-state index < -0.39 is 0 Å². The highest BCUT2D eigenvalue weighted by Gasteiger charge is 2.25. The Morgan fingerprint density at radius 2 is 2.24 bits per heavy atom. The number of benzene rings is 1. The summed E-state index contributed by atoms with van der Waals surface area (Å²) >= 11 is 6.50. The van der Waals surface area contributed by atoms with Gasteiger partial charge in [0.2, 0.25) is 5.91 Å². The van der Waals surface area contributed by atoms with Gasteiger partial charge in [-0.25, -0.2) is 0 Å². The molecule has 1 saturated heterocycles. The molecule has 0 spiro atoms. The lowest BCUT2D eigenvalue weighted by molar-refractivity contribution is -0.124. The van der Waals surface area contributed by atoms with E-state index in [1.807, 2.05) is 31.2 Å². The van der Waals surface area contributed by atoms with Gasteiger partial charge in [-0.15, -0.1) is 0 Å². The van der Waals surface area contributed by atoms with Gasteiger partial charge in [0.1, 0.15) is 16.7 Å². The molecule has 1 aliphatic heterocycles. The highest BCUT2D eigenvalue weighted by atomic mass is 32.2. The Morgan fingerprint density at radius 1 is 1.47 bits per heavy atom. The Balaban J connectivity index is 1.86. The number of ether oxygens (including phenoxy) is 1. The summed E-state index contributed by atoms with van der Waals surface area (Å²) in [4.78, 5) is 13.1. The van der Waals surface area contributed by atoms with Crippen LogP contribution in [0.5, 0.6) is 5.75 Å². The van der Waals surface area contributed by atoms with E-state index in [-0.39, 0.29) is 5.91 Å². The molecule has 0 saturated carbocycles. The first-order valence-corrected chi connectivity index (χ1v) is 6.73. The molecule has 0 unspecified atom stereocenters. The summed E-state index contributed by atoms with van der Waals surface area (Å²) in [5, 5.41) is 0. The Hall–Kier alpha value is -1.07. The van der Waals surface area contributed by atoms with Crippen LogP contribution in [0.4, 0.5) is 0 Å². The molecule has 17 heavy (non-hydrogen) atoms. The van der Waals surface area contributed by atoms with Gasteiger partial charge in [0, 0.05) is 0 Å². The number of rotatable bonds is 4. The Kier molecular flexibility index (Phi) is 4.02. The first kappa shape index (κ1) is 12.4. The van der Waals surface area contributed by atoms with Crippen LogP contribution in [0, 0.1) is 6.92 Å². The van der Waals surface area contributed by atoms with Crippen LogP contribution < -0.4 is 4.74 Å². The molecule has 2 rings (SSSR count). The minimum absolute atomic E-state index is 0.0772. The number of thioether (sulfide) groups is 1. The van der Waals surface area contributed by atoms with Gasteiger partial charge in [0.05, 0.1) is 12.3 Å². The fourth-order valence-electron chi connectivity index (χ4n) is 1.56. The molecule has 1 fully saturated rings. The smallest absolute Gasteiger partial charge is 0.238 e. The molecule has 3 nitrogen and oxygen atoms in total. The van der Waals surface area contributed by atoms with E-state index in [1.54, 1.807) is 4.90 Å². The molecule has 0 aromatic heterocycles. The lowest BCUT2D eigenvalue weighted by atomic mass is 10.2. The second-order valence-corrected chi connectivity index (χ2v) is 5.32. The van der Waals surface area contributed by atoms with Gasteiger partial charge in [0.15, 0.2) is 0 Å². The maximum atomic E-state index is 11.5. The van der Waals surface area contributed by atoms with Gasteiger partial charge in [-0.05, 0) is 18.6 Å². The second-order valence-electron chi connectivity index (χ2n) is 3.71. The standard InChI is InChI=1S/C12H13NO2S2/c1-9-4-2-3-5-10(9)15-7-6-13-11(14)8-17-12(13)16/h2-5H,6-8H2,1H3. The summed E-state index contributed by atoms with van der Waals surface area (Å²) in [6.07, 6.45) is 0. The van der Waals surface area contributed by atoms with Crippen molar-refractivity contribution in [3.63, 3.8) is 0 Å². The molecule has 1 aliphatic rings. The molecular weight excluding hydrogens is 254 g/mol. The van der Waals surface area contributed by atoms with Gasteiger partial charge in [-0.2, -0.15) is 0 Å². The van der Waals surface area contributed by atoms with Crippen LogP contribution in [0.25, 0.3) is 0 Å². The molecule has 0 atom stereocenters. The quantitative estimate of drug-likeness (QED) is 0.783. The average molecular weight is 267 g/mol. The van der Waals surface area contributed by atoms with Crippen LogP contribution in [-0.2, 0) is 4.79 Å². The van der Waals surface area contributed by atoms with E-state index in [1.165, 1.54) is 11.8 Å². The third kappa shape index (κ3) is 2.98. The van der Waals surface area contributed by atoms with Crippen LogP contribution in [-0.4, -0.2) is 34.0 Å². The van der Waals surface area contributed by atoms with E-state index in [0.717, 1.165) is 11.3 Å². The number of nitrogens with zero attached hydrogens (tertiary/aromatic N) is 1. The van der Waals surface area contributed by atoms with Crippen molar-refractivity contribution in [2.24, 2.45) is 0 Å². The topological polar surface area (TPSA) is 29.5 Å². The van der Waals surface area contributed by atoms with Crippen molar-refractivity contribution in [3.8, 4) is 5.75 Å². The first-order valence-electron chi connectivity index (χ1n) is 5.34. The van der Waals surface area contributed by atoms with Crippen LogP contribution in [0.3, 0.4) is 0 Å². The zero-order valence-electron chi connectivity index (χ0n) is 9.51. The van der Waals surface area contributed by atoms with Gasteiger partial charge in [-0.1, -0.05) is 42.2 Å². The molecule has 1 aromatic rings. The fourth-order valence-corrected chi connectivity index (χ4v) is 2.68. The predicted octanol–water partition coefficient (Wildman–Crippen LogP) is 2.23. The van der Waals surface area contributed by atoms with Gasteiger partial charge >= 0.3 is 0 Å². The summed E-state index contributed by atoms with van der Waals surface area (Å²) in [7, 11) is 0. The van der Waals surface area contributed by atoms with E-state index in [9.17, 15) is 4.79 Å². The van der Waals surface area contributed by atoms with Gasteiger partial charge in [-0.3, -0.25) is 9.69 Å². The van der Waals surface area contributed by atoms with E-state index in [2.05, 4.69) is 0 Å². The molecular formula is C12H13NO2S2. The monoisotopic (exact) mass is 267 g/mol. The highest BCUT2D eigenvalue weighted by Crippen LogP contribution is 2.20. The van der Waals surface area contributed by atoms with Crippen molar-refractivity contribution in [1.29, 1.82) is 0 Å². The summed E-state index contributed by atoms with van der Waals surface area (Å²) in [6, 6.07) is 7.83. The van der Waals surface area contributed by atoms with Crippen molar-refractivity contribution < 1.29 is 9.53 Å². The Labute approximate surface area is 110 Å². The van der Waals surface area contributed by atoms with Crippen LogP contribution in [0.1, 0.15) is 5.56 Å². The maximum Gasteiger partial charge on any atom is 0.238 e. The lowest BCUT2D eigenvalue weighted by Crippen LogP contribution is -2.32. The molecule has 0 radical (unpaired) electrons. The predicted molar refractivity (Wildman–Crippen MR) is 73.4 cm³/mol.